The van der Waals surface area contributed by atoms with Crippen molar-refractivity contribution in [3.05, 3.63) is 69.2 Å². The summed E-state index contributed by atoms with van der Waals surface area (Å²) in [5.41, 5.74) is -0.112. The molecule has 9 heteroatoms. The van der Waals surface area contributed by atoms with E-state index >= 15 is 0 Å². The molecule has 1 amide bonds. The van der Waals surface area contributed by atoms with Crippen LogP contribution < -0.4 is 15.2 Å². The average molecular weight is 455 g/mol. The van der Waals surface area contributed by atoms with Gasteiger partial charge >= 0.3 is 0 Å². The minimum absolute atomic E-state index is 0.0410. The summed E-state index contributed by atoms with van der Waals surface area (Å²) in [6.07, 6.45) is 9.40. The molecule has 1 fully saturated rings. The van der Waals surface area contributed by atoms with E-state index in [2.05, 4.69) is 0 Å². The predicted molar refractivity (Wildman–Crippen MR) is 115 cm³/mol. The molecule has 1 aromatic carbocycles. The first-order valence-corrected chi connectivity index (χ1v) is 11.3. The molecule has 7 nitrogen and oxygen atoms in total. The first kappa shape index (κ1) is 20.3. The number of hydrogen-bond acceptors (Lipinski definition) is 5. The number of benzene rings is 1. The third kappa shape index (κ3) is 2.77. The quantitative estimate of drug-likeness (QED) is 0.618. The van der Waals surface area contributed by atoms with E-state index in [0.29, 0.717) is 24.0 Å². The number of aromatic nitrogens is 1. The second-order valence-corrected chi connectivity index (χ2v) is 9.19. The molecule has 2 aliphatic heterocycles. The number of fused-ring (bicyclic) bond motifs is 6. The monoisotopic (exact) mass is 455 g/mol. The van der Waals surface area contributed by atoms with E-state index < -0.39 is 40.3 Å². The van der Waals surface area contributed by atoms with E-state index in [0.717, 1.165) is 25.7 Å². The maximum Gasteiger partial charge on any atom is 0.278 e. The zero-order valence-electron chi connectivity index (χ0n) is 17.9. The van der Waals surface area contributed by atoms with E-state index in [1.165, 1.54) is 23.0 Å². The van der Waals surface area contributed by atoms with E-state index in [-0.39, 0.29) is 24.7 Å². The first-order chi connectivity index (χ1) is 15.9. The number of nitrogens with zero attached hydrogens (tertiary/aromatic N) is 3. The number of halogens is 2. The van der Waals surface area contributed by atoms with Crippen LogP contribution in [0.2, 0.25) is 0 Å². The third-order valence-corrected chi connectivity index (χ3v) is 7.49. The van der Waals surface area contributed by atoms with Crippen molar-refractivity contribution in [3.8, 4) is 11.5 Å². The Hall–Kier alpha value is -3.36. The molecule has 1 spiro atoms. The summed E-state index contributed by atoms with van der Waals surface area (Å²) >= 11 is 0. The lowest BCUT2D eigenvalue weighted by Gasteiger charge is -2.54. The van der Waals surface area contributed by atoms with E-state index in [1.54, 1.807) is 11.0 Å². The van der Waals surface area contributed by atoms with Crippen molar-refractivity contribution in [2.45, 2.75) is 50.1 Å². The summed E-state index contributed by atoms with van der Waals surface area (Å²) in [7, 11) is 0. The zero-order valence-corrected chi connectivity index (χ0v) is 17.9. The van der Waals surface area contributed by atoms with Gasteiger partial charge in [-0.05, 0) is 56.2 Å². The average Bonchev–Trinajstić information content (AvgIpc) is 2.79. The van der Waals surface area contributed by atoms with Crippen LogP contribution in [0, 0.1) is 11.6 Å². The van der Waals surface area contributed by atoms with E-state index in [9.17, 15) is 23.5 Å². The lowest BCUT2D eigenvalue weighted by Crippen LogP contribution is -2.64. The van der Waals surface area contributed by atoms with Gasteiger partial charge in [0.25, 0.3) is 5.91 Å². The summed E-state index contributed by atoms with van der Waals surface area (Å²) < 4.78 is 36.7. The number of aryl methyl sites for hydroxylation is 1. The Morgan fingerprint density at radius 2 is 2.00 bits per heavy atom. The number of carbonyl (C=O) groups is 1. The molecule has 1 aromatic heterocycles. The topological polar surface area (TPSA) is 75.0 Å². The maximum absolute atomic E-state index is 15.0. The number of carbonyl (C=O) groups excluding carboxylic acids is 1. The number of rotatable bonds is 0. The minimum Gasteiger partial charge on any atom is -0.502 e. The van der Waals surface area contributed by atoms with Gasteiger partial charge in [-0.15, -0.1) is 0 Å². The largest absolute Gasteiger partial charge is 0.502 e. The van der Waals surface area contributed by atoms with Gasteiger partial charge in [0, 0.05) is 17.8 Å². The fraction of sp³-hybridized carbons (Fsp3) is 0.417. The minimum atomic E-state index is -1.03. The second kappa shape index (κ2) is 7.07. The molecule has 0 saturated heterocycles. The molecule has 1 saturated carbocycles. The molecule has 172 valence electrons. The highest BCUT2D eigenvalue weighted by Crippen LogP contribution is 2.46. The standard InChI is InChI=1S/C24H23F2N3O4/c25-15-12-14-4-1-5-16-18(14)22(19(15)26)33-11-3-9-24(7-2-8-24)27-13-29(16)28-10-6-17(30)21(31)20(28)23(27)32/h3,6,9-10,12,16,31H,1-2,4-5,7-8,11,13H2/b9-3+. The molecular formula is C24H23F2N3O4. The first-order valence-electron chi connectivity index (χ1n) is 11.3. The zero-order chi connectivity index (χ0) is 22.9. The van der Waals surface area contributed by atoms with Crippen LogP contribution in [0.25, 0.3) is 0 Å². The number of hydrogen-bond donors (Lipinski definition) is 1. The number of aromatic hydroxyl groups is 1. The van der Waals surface area contributed by atoms with E-state index in [4.69, 9.17) is 4.74 Å². The van der Waals surface area contributed by atoms with Crippen LogP contribution >= 0.6 is 0 Å². The highest BCUT2D eigenvalue weighted by Gasteiger charge is 2.49. The third-order valence-electron chi connectivity index (χ3n) is 7.49. The molecule has 1 atom stereocenters. The SMILES string of the molecule is O=C1c2c(O)c(=O)ccn2N2CN1C1(/C=C/COc3c(F)c(F)cc4c3C2CCC4)CCC1. The molecule has 1 N–H and O–H groups in total. The van der Waals surface area contributed by atoms with Crippen molar-refractivity contribution in [2.24, 2.45) is 0 Å². The normalized spacial score (nSPS) is 23.7. The summed E-state index contributed by atoms with van der Waals surface area (Å²) in [6.45, 7) is 0.223. The Bertz CT molecular complexity index is 1270. The van der Waals surface area contributed by atoms with Crippen molar-refractivity contribution in [3.63, 3.8) is 0 Å². The van der Waals surface area contributed by atoms with Crippen LogP contribution in [0.1, 0.15) is 59.8 Å². The Kier molecular flexibility index (Phi) is 4.34. The van der Waals surface area contributed by atoms with Gasteiger partial charge in [0.1, 0.15) is 13.3 Å². The van der Waals surface area contributed by atoms with Gasteiger partial charge in [0.15, 0.2) is 23.0 Å². The van der Waals surface area contributed by atoms with Gasteiger partial charge in [0.2, 0.25) is 11.2 Å². The second-order valence-electron chi connectivity index (χ2n) is 9.19. The molecule has 0 radical (unpaired) electrons. The van der Waals surface area contributed by atoms with Crippen LogP contribution in [0.4, 0.5) is 8.78 Å². The van der Waals surface area contributed by atoms with Crippen LogP contribution in [-0.2, 0) is 6.42 Å². The predicted octanol–water partition coefficient (Wildman–Crippen LogP) is 3.13. The molecule has 2 aliphatic carbocycles. The van der Waals surface area contributed by atoms with Gasteiger partial charge in [-0.1, -0.05) is 6.08 Å². The van der Waals surface area contributed by atoms with Gasteiger partial charge in [-0.2, -0.15) is 4.39 Å². The van der Waals surface area contributed by atoms with Crippen LogP contribution in [-0.4, -0.2) is 39.4 Å². The molecule has 6 rings (SSSR count). The van der Waals surface area contributed by atoms with Gasteiger partial charge < -0.3 is 14.7 Å². The maximum atomic E-state index is 15.0. The lowest BCUT2D eigenvalue weighted by atomic mass is 9.74. The molecule has 2 aromatic rings. The molecule has 4 aliphatic rings. The van der Waals surface area contributed by atoms with Gasteiger partial charge in [0.05, 0.1) is 11.6 Å². The summed E-state index contributed by atoms with van der Waals surface area (Å²) in [6, 6.07) is 1.99. The summed E-state index contributed by atoms with van der Waals surface area (Å²) in [5.74, 6) is -3.12. The van der Waals surface area contributed by atoms with E-state index in [1.807, 2.05) is 11.1 Å². The van der Waals surface area contributed by atoms with Crippen molar-refractivity contribution < 1.29 is 23.4 Å². The summed E-state index contributed by atoms with van der Waals surface area (Å²) in [4.78, 5) is 27.5. The Morgan fingerprint density at radius 1 is 1.18 bits per heavy atom. The van der Waals surface area contributed by atoms with Crippen molar-refractivity contribution in [1.82, 2.24) is 9.58 Å². The fourth-order valence-electron chi connectivity index (χ4n) is 5.70. The van der Waals surface area contributed by atoms with Crippen LogP contribution in [0.15, 0.2) is 35.3 Å². The molecular weight excluding hydrogens is 432 g/mol. The van der Waals surface area contributed by atoms with Crippen molar-refractivity contribution in [1.29, 1.82) is 0 Å². The molecule has 1 unspecified atom stereocenters. The van der Waals surface area contributed by atoms with Crippen LogP contribution in [0.5, 0.6) is 11.5 Å². The molecule has 2 bridgehead atoms. The Labute approximate surface area is 188 Å². The molecule has 3 heterocycles. The van der Waals surface area contributed by atoms with Crippen molar-refractivity contribution >= 4 is 5.91 Å². The number of pyridine rings is 1. The van der Waals surface area contributed by atoms with Crippen molar-refractivity contribution in [2.75, 3.05) is 18.3 Å². The lowest BCUT2D eigenvalue weighted by molar-refractivity contribution is 0.0245. The highest BCUT2D eigenvalue weighted by atomic mass is 19.2. The smallest absolute Gasteiger partial charge is 0.278 e. The number of amides is 1. The number of ether oxygens (including phenoxy) is 1. The van der Waals surface area contributed by atoms with Gasteiger partial charge in [-0.25, -0.2) is 4.39 Å². The fourth-order valence-corrected chi connectivity index (χ4v) is 5.70. The highest BCUT2D eigenvalue weighted by molar-refractivity contribution is 5.97. The van der Waals surface area contributed by atoms with Crippen LogP contribution in [0.3, 0.4) is 0 Å². The summed E-state index contributed by atoms with van der Waals surface area (Å²) in [5, 5.41) is 12.5. The van der Waals surface area contributed by atoms with Gasteiger partial charge in [-0.3, -0.25) is 19.3 Å². The Balaban J connectivity index is 1.63. The molecule has 33 heavy (non-hydrogen) atoms. The Morgan fingerprint density at radius 3 is 2.76 bits per heavy atom.